The molecule has 2 aromatic carbocycles. The predicted molar refractivity (Wildman–Crippen MR) is 131 cm³/mol. The van der Waals surface area contributed by atoms with Crippen molar-refractivity contribution in [3.63, 3.8) is 0 Å². The van der Waals surface area contributed by atoms with E-state index in [1.54, 1.807) is 0 Å². The van der Waals surface area contributed by atoms with Gasteiger partial charge < -0.3 is 20.1 Å². The molecule has 0 spiro atoms. The van der Waals surface area contributed by atoms with Crippen LogP contribution in [-0.2, 0) is 32.1 Å². The van der Waals surface area contributed by atoms with Gasteiger partial charge in [0.1, 0.15) is 12.6 Å². The lowest BCUT2D eigenvalue weighted by molar-refractivity contribution is -0.162. The number of amides is 1. The van der Waals surface area contributed by atoms with Crippen molar-refractivity contribution in [3.05, 3.63) is 65.7 Å². The average molecular weight is 483 g/mol. The van der Waals surface area contributed by atoms with Gasteiger partial charge in [-0.05, 0) is 43.9 Å². The molecule has 8 heteroatoms. The van der Waals surface area contributed by atoms with Gasteiger partial charge in [0.2, 0.25) is 5.91 Å². The van der Waals surface area contributed by atoms with Crippen LogP contribution >= 0.6 is 10.0 Å². The molecule has 0 bridgehead atoms. The maximum Gasteiger partial charge on any atom is 0.330 e. The first-order chi connectivity index (χ1) is 16.3. The molecule has 2 fully saturated rings. The molecule has 3 heterocycles. The van der Waals surface area contributed by atoms with Gasteiger partial charge in [-0.2, -0.15) is 0 Å². The molecule has 2 N–H and O–H groups in total. The Morgan fingerprint density at radius 3 is 2.56 bits per heavy atom. The van der Waals surface area contributed by atoms with Crippen molar-refractivity contribution in [3.8, 4) is 0 Å². The van der Waals surface area contributed by atoms with Crippen molar-refractivity contribution in [2.45, 2.75) is 61.9 Å². The smallest absolute Gasteiger partial charge is 0.330 e. The van der Waals surface area contributed by atoms with Crippen molar-refractivity contribution < 1.29 is 24.2 Å². The quantitative estimate of drug-likeness (QED) is 0.502. The van der Waals surface area contributed by atoms with E-state index in [1.165, 1.54) is 4.90 Å². The molecular weight excluding hydrogens is 452 g/mol. The number of aryl methyl sites for hydroxylation is 1. The summed E-state index contributed by atoms with van der Waals surface area (Å²) in [5, 5.41) is 13.6. The summed E-state index contributed by atoms with van der Waals surface area (Å²) in [6.07, 6.45) is 1.55. The zero-order valence-electron chi connectivity index (χ0n) is 19.4. The number of rotatable bonds is 5. The van der Waals surface area contributed by atoms with E-state index < -0.39 is 38.2 Å². The number of fused-ring (bicyclic) bond motifs is 2. The number of β-lactam (4-membered cyclic amide) rings is 1. The molecule has 34 heavy (non-hydrogen) atoms. The van der Waals surface area contributed by atoms with Gasteiger partial charge in [0.25, 0.3) is 0 Å². The Hall–Kier alpha value is -2.84. The highest BCUT2D eigenvalue weighted by atomic mass is 32.3. The van der Waals surface area contributed by atoms with Gasteiger partial charge in [0, 0.05) is 10.4 Å². The van der Waals surface area contributed by atoms with Gasteiger partial charge in [-0.15, -0.1) is 10.0 Å². The van der Waals surface area contributed by atoms with Crippen LogP contribution in [0, 0.1) is 0 Å². The lowest BCUT2D eigenvalue weighted by atomic mass is 9.98. The molecule has 7 nitrogen and oxygen atoms in total. The highest BCUT2D eigenvalue weighted by molar-refractivity contribution is 8.46. The molecule has 2 aromatic rings. The standard InChI is InChI=1S/C26H30N2O5S/c1-26(2)23(24(31)33-15-17-8-4-3-5-9-17)28-21(30)14-22(28)34(26,16-29)25(32)20-13-12-18-10-6-7-11-19(18)27-20/h3-11,20,22-23,27,29H,12-16H2,1-2H3/t20?,22-,23+/m1/s1. The Morgan fingerprint density at radius 1 is 1.15 bits per heavy atom. The molecule has 4 atom stereocenters. The normalized spacial score (nSPS) is 30.7. The number of carbonyl (C=O) groups excluding carboxylic acids is 3. The molecule has 1 amide bonds. The third-order valence-corrected chi connectivity index (χ3v) is 12.5. The summed E-state index contributed by atoms with van der Waals surface area (Å²) in [6, 6.07) is 15.9. The topological polar surface area (TPSA) is 95.9 Å². The van der Waals surface area contributed by atoms with Gasteiger partial charge in [0.15, 0.2) is 5.12 Å². The zero-order valence-corrected chi connectivity index (χ0v) is 20.2. The second-order valence-corrected chi connectivity index (χ2v) is 13.5. The van der Waals surface area contributed by atoms with Crippen molar-refractivity contribution in [1.82, 2.24) is 4.90 Å². The first-order valence-electron chi connectivity index (χ1n) is 11.6. The molecule has 2 saturated heterocycles. The van der Waals surface area contributed by atoms with Crippen LogP contribution in [0.2, 0.25) is 0 Å². The number of nitrogens with zero attached hydrogens (tertiary/aromatic N) is 1. The average Bonchev–Trinajstić information content (AvgIpc) is 3.02. The van der Waals surface area contributed by atoms with Crippen molar-refractivity contribution >= 4 is 32.7 Å². The number of anilines is 1. The van der Waals surface area contributed by atoms with E-state index in [4.69, 9.17) is 4.74 Å². The third kappa shape index (κ3) is 3.26. The number of nitrogens with one attached hydrogen (secondary N) is 1. The Labute approximate surface area is 200 Å². The number of benzene rings is 2. The SMILES string of the molecule is CC1(C)[C@H](C(=O)OCc2ccccc2)N2C(=O)C[C@H]2S1(CO)C(=O)C1CCc2ccccc2N1. The Bertz CT molecular complexity index is 1140. The highest BCUT2D eigenvalue weighted by Crippen LogP contribution is 2.74. The van der Waals surface area contributed by atoms with E-state index in [9.17, 15) is 19.5 Å². The minimum atomic E-state index is -2.45. The molecule has 2 unspecified atom stereocenters. The summed E-state index contributed by atoms with van der Waals surface area (Å²) in [4.78, 5) is 41.7. The second-order valence-electron chi connectivity index (χ2n) is 9.69. The fourth-order valence-corrected chi connectivity index (χ4v) is 10.2. The number of para-hydroxylation sites is 1. The summed E-state index contributed by atoms with van der Waals surface area (Å²) in [5.41, 5.74) is 2.93. The Morgan fingerprint density at radius 2 is 1.85 bits per heavy atom. The van der Waals surface area contributed by atoms with E-state index in [0.717, 1.165) is 23.2 Å². The fourth-order valence-electron chi connectivity index (χ4n) is 5.72. The van der Waals surface area contributed by atoms with Gasteiger partial charge in [-0.1, -0.05) is 48.5 Å². The number of aliphatic hydroxyl groups is 1. The molecule has 5 rings (SSSR count). The summed E-state index contributed by atoms with van der Waals surface area (Å²) in [5.74, 6) is -1.04. The molecule has 180 valence electrons. The largest absolute Gasteiger partial charge is 0.459 e. The summed E-state index contributed by atoms with van der Waals surface area (Å²) < 4.78 is 4.70. The summed E-state index contributed by atoms with van der Waals surface area (Å²) in [7, 11) is -2.45. The minimum Gasteiger partial charge on any atom is -0.459 e. The van der Waals surface area contributed by atoms with Gasteiger partial charge in [0.05, 0.1) is 23.8 Å². The van der Waals surface area contributed by atoms with Crippen molar-refractivity contribution in [2.75, 3.05) is 11.3 Å². The summed E-state index contributed by atoms with van der Waals surface area (Å²) >= 11 is 0. The first-order valence-corrected chi connectivity index (χ1v) is 13.5. The molecule has 3 aliphatic rings. The van der Waals surface area contributed by atoms with E-state index in [0.29, 0.717) is 6.42 Å². The van der Waals surface area contributed by atoms with Crippen LogP contribution in [0.5, 0.6) is 0 Å². The highest BCUT2D eigenvalue weighted by Gasteiger charge is 2.72. The van der Waals surface area contributed by atoms with Crippen LogP contribution in [0.3, 0.4) is 0 Å². The molecular formula is C26H30N2O5S. The number of carbonyl (C=O) groups is 3. The second kappa shape index (κ2) is 8.43. The van der Waals surface area contributed by atoms with Crippen LogP contribution in [0.1, 0.15) is 37.8 Å². The molecule has 0 saturated carbocycles. The molecule has 0 aromatic heterocycles. The maximum atomic E-state index is 14.1. The zero-order chi connectivity index (χ0) is 24.1. The van der Waals surface area contributed by atoms with E-state index >= 15 is 0 Å². The van der Waals surface area contributed by atoms with Crippen LogP contribution in [0.25, 0.3) is 0 Å². The van der Waals surface area contributed by atoms with Crippen molar-refractivity contribution in [2.24, 2.45) is 0 Å². The number of aliphatic hydroxyl groups excluding tert-OH is 1. The van der Waals surface area contributed by atoms with E-state index in [-0.39, 0.29) is 30.0 Å². The third-order valence-electron chi connectivity index (χ3n) is 7.63. The monoisotopic (exact) mass is 482 g/mol. The van der Waals surface area contributed by atoms with Gasteiger partial charge in [-0.25, -0.2) is 4.79 Å². The molecule has 0 radical (unpaired) electrons. The lowest BCUT2D eigenvalue weighted by Crippen LogP contribution is -2.57. The minimum absolute atomic E-state index is 0.0598. The Kier molecular flexibility index (Phi) is 5.68. The van der Waals surface area contributed by atoms with E-state index in [2.05, 4.69) is 5.32 Å². The Balaban J connectivity index is 1.44. The predicted octanol–water partition coefficient (Wildman–Crippen LogP) is 3.16. The van der Waals surface area contributed by atoms with Crippen LogP contribution in [0.4, 0.5) is 5.69 Å². The van der Waals surface area contributed by atoms with E-state index in [1.807, 2.05) is 68.4 Å². The molecule has 0 aliphatic carbocycles. The van der Waals surface area contributed by atoms with Crippen LogP contribution < -0.4 is 5.32 Å². The number of hydrogen-bond donors (Lipinski definition) is 2. The fraction of sp³-hybridized carbons (Fsp3) is 0.423. The molecule has 3 aliphatic heterocycles. The summed E-state index contributed by atoms with van der Waals surface area (Å²) in [6.45, 7) is 3.77. The first kappa shape index (κ1) is 22.9. The van der Waals surface area contributed by atoms with Crippen LogP contribution in [0.15, 0.2) is 54.6 Å². The number of esters is 1. The lowest BCUT2D eigenvalue weighted by Gasteiger charge is -2.51. The van der Waals surface area contributed by atoms with Gasteiger partial charge >= 0.3 is 5.97 Å². The maximum absolute atomic E-state index is 14.1. The van der Waals surface area contributed by atoms with Crippen molar-refractivity contribution in [1.29, 1.82) is 0 Å². The van der Waals surface area contributed by atoms with Crippen LogP contribution in [-0.4, -0.2) is 55.1 Å². The number of ether oxygens (including phenoxy) is 1. The number of hydrogen-bond acceptors (Lipinski definition) is 6. The van der Waals surface area contributed by atoms with Gasteiger partial charge in [-0.3, -0.25) is 9.59 Å².